The number of nitrogens with zero attached hydrogens (tertiary/aromatic N) is 1. The van der Waals surface area contributed by atoms with Crippen LogP contribution in [0.4, 0.5) is 0 Å². The van der Waals surface area contributed by atoms with Gasteiger partial charge in [0.15, 0.2) is 11.5 Å². The van der Waals surface area contributed by atoms with Crippen molar-refractivity contribution in [1.29, 1.82) is 0 Å². The smallest absolute Gasteiger partial charge is 0.316 e. The van der Waals surface area contributed by atoms with Crippen LogP contribution in [0.5, 0.6) is 28.7 Å². The molecule has 0 saturated heterocycles. The second kappa shape index (κ2) is 15.7. The molecule has 0 aliphatic carbocycles. The van der Waals surface area contributed by atoms with Crippen LogP contribution in [0, 0.1) is 22.2 Å². The molecular weight excluding hydrogens is 638 g/mol. The zero-order valence-corrected chi connectivity index (χ0v) is 32.1. The lowest BCUT2D eigenvalue weighted by molar-refractivity contribution is -0.143. The molecule has 0 bridgehead atoms. The van der Waals surface area contributed by atoms with Crippen molar-refractivity contribution in [1.82, 2.24) is 4.57 Å². The number of benzene rings is 2. The molecule has 50 heavy (non-hydrogen) atoms. The first-order valence-electron chi connectivity index (χ1n) is 17.3. The second-order valence-corrected chi connectivity index (χ2v) is 15.8. The molecule has 1 unspecified atom stereocenters. The van der Waals surface area contributed by atoms with Gasteiger partial charge in [-0.3, -0.25) is 19.2 Å². The molecule has 1 aromatic heterocycles. The first kappa shape index (κ1) is 40.1. The van der Waals surface area contributed by atoms with Crippen molar-refractivity contribution in [2.45, 2.75) is 108 Å². The van der Waals surface area contributed by atoms with Gasteiger partial charge in [-0.15, -0.1) is 0 Å². The van der Waals surface area contributed by atoms with Crippen molar-refractivity contribution >= 4 is 28.8 Å². The molecule has 0 saturated carbocycles. The summed E-state index contributed by atoms with van der Waals surface area (Å²) in [6, 6.07) is 8.19. The maximum Gasteiger partial charge on any atom is 0.316 e. The summed E-state index contributed by atoms with van der Waals surface area (Å²) in [7, 11) is 2.96. The van der Waals surface area contributed by atoms with Crippen LogP contribution in [-0.2, 0) is 20.9 Å². The van der Waals surface area contributed by atoms with E-state index in [0.717, 1.165) is 25.7 Å². The Bertz CT molecular complexity index is 1780. The molecule has 274 valence electrons. The number of hydrogen-bond donors (Lipinski definition) is 0. The van der Waals surface area contributed by atoms with Gasteiger partial charge in [-0.1, -0.05) is 33.1 Å². The Hall–Kier alpha value is -4.34. The van der Waals surface area contributed by atoms with E-state index in [2.05, 4.69) is 13.8 Å². The van der Waals surface area contributed by atoms with Gasteiger partial charge in [-0.2, -0.15) is 0 Å². The molecular formula is C40H55NO9. The number of esters is 3. The van der Waals surface area contributed by atoms with Crippen LogP contribution in [0.15, 0.2) is 35.1 Å². The molecule has 3 rings (SSSR count). The van der Waals surface area contributed by atoms with Crippen LogP contribution in [0.25, 0.3) is 22.2 Å². The predicted molar refractivity (Wildman–Crippen MR) is 195 cm³/mol. The molecule has 0 amide bonds. The molecule has 1 heterocycles. The van der Waals surface area contributed by atoms with Crippen LogP contribution in [0.3, 0.4) is 0 Å². The predicted octanol–water partition coefficient (Wildman–Crippen LogP) is 8.76. The molecule has 3 aromatic rings. The van der Waals surface area contributed by atoms with Gasteiger partial charge in [0.2, 0.25) is 11.2 Å². The minimum absolute atomic E-state index is 0.00117. The number of methoxy groups -OCH3 is 2. The van der Waals surface area contributed by atoms with Gasteiger partial charge >= 0.3 is 17.9 Å². The monoisotopic (exact) mass is 693 g/mol. The number of carbonyl (C=O) groups excluding carboxylic acids is 3. The minimum atomic E-state index is -0.958. The standard InChI is InChI=1S/C40H55NO9/c1-14-16-17-24(15-2)23-41-27-21-26(46-12)22-30(49-36(44)39(6,7)8)31(27)33(42)34(50-37(45)40(9,10)11)32(41)25-18-19-28(29(20-25)47-13)48-35(43)38(3,4)5/h18-22,24H,14-17,23H2,1-13H3. The highest BCUT2D eigenvalue weighted by Crippen LogP contribution is 2.42. The fraction of sp³-hybridized carbons (Fsp3) is 0.550. The molecule has 0 N–H and O–H groups in total. The summed E-state index contributed by atoms with van der Waals surface area (Å²) >= 11 is 0. The molecule has 0 spiro atoms. The molecule has 0 fully saturated rings. The van der Waals surface area contributed by atoms with Gasteiger partial charge in [-0.05, 0) is 92.9 Å². The van der Waals surface area contributed by atoms with Crippen LogP contribution in [0.2, 0.25) is 0 Å². The molecule has 0 aliphatic heterocycles. The number of carbonyl (C=O) groups is 3. The van der Waals surface area contributed by atoms with Gasteiger partial charge < -0.3 is 28.3 Å². The number of hydrogen-bond acceptors (Lipinski definition) is 9. The highest BCUT2D eigenvalue weighted by atomic mass is 16.6. The lowest BCUT2D eigenvalue weighted by Gasteiger charge is -2.27. The highest BCUT2D eigenvalue weighted by molar-refractivity contribution is 5.95. The Labute approximate surface area is 296 Å². The van der Waals surface area contributed by atoms with Gasteiger partial charge in [-0.25, -0.2) is 0 Å². The third-order valence-electron chi connectivity index (χ3n) is 8.36. The Morgan fingerprint density at radius 3 is 1.78 bits per heavy atom. The zero-order valence-electron chi connectivity index (χ0n) is 32.1. The van der Waals surface area contributed by atoms with Crippen LogP contribution in [-0.4, -0.2) is 36.7 Å². The quantitative estimate of drug-likeness (QED) is 0.135. The Kier molecular flexibility index (Phi) is 12.6. The number of fused-ring (bicyclic) bond motifs is 1. The number of aromatic nitrogens is 1. The lowest BCUT2D eigenvalue weighted by atomic mass is 9.96. The van der Waals surface area contributed by atoms with Crippen LogP contribution < -0.4 is 29.1 Å². The normalized spacial score (nSPS) is 12.7. The van der Waals surface area contributed by atoms with E-state index in [9.17, 15) is 19.2 Å². The number of ether oxygens (including phenoxy) is 5. The second-order valence-electron chi connectivity index (χ2n) is 15.8. The molecule has 0 radical (unpaired) electrons. The van der Waals surface area contributed by atoms with Gasteiger partial charge in [0, 0.05) is 24.2 Å². The third-order valence-corrected chi connectivity index (χ3v) is 8.36. The maximum absolute atomic E-state index is 14.8. The summed E-state index contributed by atoms with van der Waals surface area (Å²) in [6.07, 6.45) is 3.76. The summed E-state index contributed by atoms with van der Waals surface area (Å²) in [6.45, 7) is 20.2. The van der Waals surface area contributed by atoms with E-state index in [4.69, 9.17) is 23.7 Å². The fourth-order valence-corrected chi connectivity index (χ4v) is 5.08. The number of rotatable bonds is 12. The highest BCUT2D eigenvalue weighted by Gasteiger charge is 2.33. The minimum Gasteiger partial charge on any atom is -0.497 e. The topological polar surface area (TPSA) is 119 Å². The van der Waals surface area contributed by atoms with E-state index < -0.39 is 39.6 Å². The van der Waals surface area contributed by atoms with Gasteiger partial charge in [0.05, 0.1) is 47.1 Å². The molecule has 2 aromatic carbocycles. The summed E-state index contributed by atoms with van der Waals surface area (Å²) < 4.78 is 31.0. The lowest BCUT2D eigenvalue weighted by Crippen LogP contribution is -2.30. The first-order valence-corrected chi connectivity index (χ1v) is 17.3. The van der Waals surface area contributed by atoms with E-state index in [1.807, 2.05) is 4.57 Å². The molecule has 0 aliphatic rings. The van der Waals surface area contributed by atoms with Crippen molar-refractivity contribution in [3.63, 3.8) is 0 Å². The van der Waals surface area contributed by atoms with Crippen molar-refractivity contribution in [2.75, 3.05) is 14.2 Å². The molecule has 10 heteroatoms. The third kappa shape index (κ3) is 9.25. The number of pyridine rings is 1. The van der Waals surface area contributed by atoms with Crippen LogP contribution >= 0.6 is 0 Å². The van der Waals surface area contributed by atoms with Crippen molar-refractivity contribution in [2.24, 2.45) is 22.2 Å². The summed E-state index contributed by atoms with van der Waals surface area (Å²) in [5, 5.41) is 0.0805. The maximum atomic E-state index is 14.8. The Morgan fingerprint density at radius 1 is 0.720 bits per heavy atom. The van der Waals surface area contributed by atoms with E-state index in [0.29, 0.717) is 29.1 Å². The molecule has 10 nitrogen and oxygen atoms in total. The van der Waals surface area contributed by atoms with Crippen molar-refractivity contribution < 1.29 is 38.1 Å². The first-order chi connectivity index (χ1) is 23.2. The van der Waals surface area contributed by atoms with Crippen LogP contribution in [0.1, 0.15) is 102 Å². The van der Waals surface area contributed by atoms with Crippen molar-refractivity contribution in [3.8, 4) is 40.0 Å². The van der Waals surface area contributed by atoms with Gasteiger partial charge in [0.25, 0.3) is 0 Å². The largest absolute Gasteiger partial charge is 0.497 e. The average molecular weight is 694 g/mol. The van der Waals surface area contributed by atoms with E-state index in [1.165, 1.54) is 20.3 Å². The Balaban J connectivity index is 2.57. The zero-order chi connectivity index (χ0) is 37.8. The summed E-state index contributed by atoms with van der Waals surface area (Å²) in [4.78, 5) is 54.4. The van der Waals surface area contributed by atoms with E-state index in [1.54, 1.807) is 86.6 Å². The van der Waals surface area contributed by atoms with E-state index in [-0.39, 0.29) is 34.3 Å². The number of unbranched alkanes of at least 4 members (excludes halogenated alkanes) is 1. The Morgan fingerprint density at radius 2 is 1.28 bits per heavy atom. The van der Waals surface area contributed by atoms with Crippen molar-refractivity contribution in [3.05, 3.63) is 40.6 Å². The fourth-order valence-electron chi connectivity index (χ4n) is 5.08. The SMILES string of the molecule is CCCCC(CC)Cn1c(-c2ccc(OC(=O)C(C)(C)C)c(OC)c2)c(OC(=O)C(C)(C)C)c(=O)c2c(OC(=O)C(C)(C)C)cc(OC)cc21. The average Bonchev–Trinajstić information content (AvgIpc) is 3.03. The summed E-state index contributed by atoms with van der Waals surface area (Å²) in [5.41, 5.74) is -1.99. The van der Waals surface area contributed by atoms with Gasteiger partial charge in [0.1, 0.15) is 11.5 Å². The summed E-state index contributed by atoms with van der Waals surface area (Å²) in [5.74, 6) is -0.843. The van der Waals surface area contributed by atoms with E-state index >= 15 is 0 Å². The molecule has 1 atom stereocenters.